The van der Waals surface area contributed by atoms with Gasteiger partial charge in [0.25, 0.3) is 10.2 Å². The summed E-state index contributed by atoms with van der Waals surface area (Å²) in [7, 11) is -0.00976. The van der Waals surface area contributed by atoms with Gasteiger partial charge in [0.1, 0.15) is 0 Å². The highest BCUT2D eigenvalue weighted by molar-refractivity contribution is 7.86. The van der Waals surface area contributed by atoms with Crippen LogP contribution in [0.1, 0.15) is 0 Å². The monoisotopic (exact) mass is 219 g/mol. The van der Waals surface area contributed by atoms with E-state index < -0.39 is 10.2 Å². The van der Waals surface area contributed by atoms with Crippen LogP contribution in [-0.4, -0.2) is 57.3 Å². The predicted molar refractivity (Wildman–Crippen MR) is 54.0 cm³/mol. The van der Waals surface area contributed by atoms with E-state index in [1.54, 1.807) is 18.4 Å². The normalized spacial score (nSPS) is 33.9. The Bertz CT molecular complexity index is 303. The van der Waals surface area contributed by atoms with Gasteiger partial charge in [-0.15, -0.1) is 0 Å². The maximum Gasteiger partial charge on any atom is 0.281 e. The van der Waals surface area contributed by atoms with Crippen molar-refractivity contribution in [3.05, 3.63) is 0 Å². The molecule has 2 aliphatic rings. The summed E-state index contributed by atoms with van der Waals surface area (Å²) in [6, 6.07) is 0. The molecule has 14 heavy (non-hydrogen) atoms. The van der Waals surface area contributed by atoms with E-state index in [-0.39, 0.29) is 0 Å². The summed E-state index contributed by atoms with van der Waals surface area (Å²) in [6.07, 6.45) is 0. The maximum absolute atomic E-state index is 11.8. The van der Waals surface area contributed by atoms with Crippen molar-refractivity contribution in [2.45, 2.75) is 0 Å². The first-order chi connectivity index (χ1) is 6.51. The molecule has 2 unspecified atom stereocenters. The lowest BCUT2D eigenvalue weighted by molar-refractivity contribution is 0.403. The van der Waals surface area contributed by atoms with E-state index in [1.165, 1.54) is 4.31 Å². The average molecular weight is 219 g/mol. The molecule has 2 rings (SSSR count). The van der Waals surface area contributed by atoms with E-state index >= 15 is 0 Å². The molecule has 0 saturated carbocycles. The molecule has 0 radical (unpaired) electrons. The molecule has 0 aromatic rings. The summed E-state index contributed by atoms with van der Waals surface area (Å²) in [5.74, 6) is 1.04. The SMILES string of the molecule is CN(C)S(=O)(=O)N1CC2CNCC2C1. The van der Waals surface area contributed by atoms with Gasteiger partial charge in [0.2, 0.25) is 0 Å². The highest BCUT2D eigenvalue weighted by Gasteiger charge is 2.41. The van der Waals surface area contributed by atoms with Crippen molar-refractivity contribution in [1.29, 1.82) is 0 Å². The van der Waals surface area contributed by atoms with Crippen molar-refractivity contribution in [3.63, 3.8) is 0 Å². The van der Waals surface area contributed by atoms with Crippen molar-refractivity contribution < 1.29 is 8.42 Å². The summed E-state index contributed by atoms with van der Waals surface area (Å²) in [4.78, 5) is 0. The van der Waals surface area contributed by atoms with Gasteiger partial charge in [-0.1, -0.05) is 0 Å². The second kappa shape index (κ2) is 3.44. The number of nitrogens with zero attached hydrogens (tertiary/aromatic N) is 2. The summed E-state index contributed by atoms with van der Waals surface area (Å²) in [5, 5.41) is 3.29. The van der Waals surface area contributed by atoms with Gasteiger partial charge in [-0.2, -0.15) is 17.0 Å². The van der Waals surface area contributed by atoms with E-state index in [0.29, 0.717) is 24.9 Å². The minimum atomic E-state index is -3.18. The molecule has 0 spiro atoms. The van der Waals surface area contributed by atoms with Crippen molar-refractivity contribution >= 4 is 10.2 Å². The number of hydrogen-bond donors (Lipinski definition) is 1. The number of hydrogen-bond acceptors (Lipinski definition) is 3. The highest BCUT2D eigenvalue weighted by Crippen LogP contribution is 2.28. The molecule has 2 fully saturated rings. The smallest absolute Gasteiger partial charge is 0.281 e. The third kappa shape index (κ3) is 1.56. The van der Waals surface area contributed by atoms with E-state index in [1.807, 2.05) is 0 Å². The van der Waals surface area contributed by atoms with Crippen LogP contribution in [0, 0.1) is 11.8 Å². The Morgan fingerprint density at radius 1 is 1.21 bits per heavy atom. The Morgan fingerprint density at radius 2 is 1.71 bits per heavy atom. The first-order valence-electron chi connectivity index (χ1n) is 4.90. The molecule has 2 atom stereocenters. The lowest BCUT2D eigenvalue weighted by Crippen LogP contribution is -2.39. The molecule has 0 amide bonds. The molecule has 1 N–H and O–H groups in total. The summed E-state index contributed by atoms with van der Waals surface area (Å²) >= 11 is 0. The molecule has 5 nitrogen and oxygen atoms in total. The molecule has 82 valence electrons. The van der Waals surface area contributed by atoms with Crippen molar-refractivity contribution in [3.8, 4) is 0 Å². The highest BCUT2D eigenvalue weighted by atomic mass is 32.2. The largest absolute Gasteiger partial charge is 0.316 e. The molecule has 0 bridgehead atoms. The Morgan fingerprint density at radius 3 is 2.14 bits per heavy atom. The van der Waals surface area contributed by atoms with Crippen LogP contribution in [0.25, 0.3) is 0 Å². The molecule has 0 aromatic heterocycles. The van der Waals surface area contributed by atoms with Crippen LogP contribution < -0.4 is 5.32 Å². The fourth-order valence-corrected chi connectivity index (χ4v) is 3.45. The van der Waals surface area contributed by atoms with Crippen LogP contribution >= 0.6 is 0 Å². The van der Waals surface area contributed by atoms with E-state index in [0.717, 1.165) is 13.1 Å². The fourth-order valence-electron chi connectivity index (χ4n) is 2.23. The van der Waals surface area contributed by atoms with E-state index in [4.69, 9.17) is 0 Å². The Kier molecular flexibility index (Phi) is 2.55. The van der Waals surface area contributed by atoms with Crippen LogP contribution in [0.15, 0.2) is 0 Å². The zero-order valence-electron chi connectivity index (χ0n) is 8.60. The van der Waals surface area contributed by atoms with Crippen LogP contribution in [0.4, 0.5) is 0 Å². The van der Waals surface area contributed by atoms with Crippen molar-refractivity contribution in [1.82, 2.24) is 13.9 Å². The van der Waals surface area contributed by atoms with Crippen molar-refractivity contribution in [2.24, 2.45) is 11.8 Å². The van der Waals surface area contributed by atoms with E-state index in [2.05, 4.69) is 5.32 Å². The minimum absolute atomic E-state index is 0.518. The average Bonchev–Trinajstić information content (AvgIpc) is 2.60. The molecule has 2 saturated heterocycles. The fraction of sp³-hybridized carbons (Fsp3) is 1.00. The zero-order valence-corrected chi connectivity index (χ0v) is 9.42. The van der Waals surface area contributed by atoms with Gasteiger partial charge in [0.15, 0.2) is 0 Å². The molecule has 2 heterocycles. The first-order valence-corrected chi connectivity index (χ1v) is 6.30. The summed E-state index contributed by atoms with van der Waals surface area (Å²) < 4.78 is 26.5. The molecular weight excluding hydrogens is 202 g/mol. The standard InChI is InChI=1S/C8H17N3O2S/c1-10(2)14(12,13)11-5-7-3-9-4-8(7)6-11/h7-9H,3-6H2,1-2H3. The van der Waals surface area contributed by atoms with Gasteiger partial charge < -0.3 is 5.32 Å². The molecule has 0 aliphatic carbocycles. The summed E-state index contributed by atoms with van der Waals surface area (Å²) in [5.41, 5.74) is 0. The van der Waals surface area contributed by atoms with Gasteiger partial charge in [-0.25, -0.2) is 0 Å². The molecule has 2 aliphatic heterocycles. The topological polar surface area (TPSA) is 52.7 Å². The van der Waals surface area contributed by atoms with E-state index in [9.17, 15) is 8.42 Å². The van der Waals surface area contributed by atoms with Crippen LogP contribution in [0.2, 0.25) is 0 Å². The molecule has 0 aromatic carbocycles. The second-order valence-electron chi connectivity index (χ2n) is 4.29. The number of nitrogens with one attached hydrogen (secondary N) is 1. The van der Waals surface area contributed by atoms with Gasteiger partial charge >= 0.3 is 0 Å². The zero-order chi connectivity index (χ0) is 10.3. The lowest BCUT2D eigenvalue weighted by atomic mass is 10.0. The molecular formula is C8H17N3O2S. The third-order valence-corrected chi connectivity index (χ3v) is 5.02. The first kappa shape index (κ1) is 10.4. The van der Waals surface area contributed by atoms with Gasteiger partial charge in [0, 0.05) is 27.2 Å². The quantitative estimate of drug-likeness (QED) is 0.644. The Balaban J connectivity index is 2.09. The van der Waals surface area contributed by atoms with Gasteiger partial charge in [-0.05, 0) is 24.9 Å². The molecule has 6 heteroatoms. The Labute approximate surface area is 85.2 Å². The van der Waals surface area contributed by atoms with Gasteiger partial charge in [0.05, 0.1) is 0 Å². The third-order valence-electron chi connectivity index (χ3n) is 3.14. The minimum Gasteiger partial charge on any atom is -0.316 e. The van der Waals surface area contributed by atoms with Crippen molar-refractivity contribution in [2.75, 3.05) is 40.3 Å². The predicted octanol–water partition coefficient (Wildman–Crippen LogP) is -1.06. The van der Waals surface area contributed by atoms with Crippen LogP contribution in [0.5, 0.6) is 0 Å². The maximum atomic E-state index is 11.8. The Hall–Kier alpha value is -0.170. The van der Waals surface area contributed by atoms with Gasteiger partial charge in [-0.3, -0.25) is 0 Å². The summed E-state index contributed by atoms with van der Waals surface area (Å²) in [6.45, 7) is 3.28. The lowest BCUT2D eigenvalue weighted by Gasteiger charge is -2.21. The van der Waals surface area contributed by atoms with Crippen LogP contribution in [-0.2, 0) is 10.2 Å². The second-order valence-corrected chi connectivity index (χ2v) is 6.43. The number of rotatable bonds is 2. The number of fused-ring (bicyclic) bond motifs is 1. The van der Waals surface area contributed by atoms with Crippen LogP contribution in [0.3, 0.4) is 0 Å².